The smallest absolute Gasteiger partial charge is 0.294 e. The van der Waals surface area contributed by atoms with Gasteiger partial charge in [0.1, 0.15) is 0 Å². The standard InChI is InChI=1S/C10H12N2O5/c13-11(14)10-6-3-5-9(8-10)4-1-2-7-17-12(15)16/h3,5-6,8H,1-2,4,7H2. The number of nitro groups is 1. The van der Waals surface area contributed by atoms with E-state index >= 15 is 0 Å². The van der Waals surface area contributed by atoms with Gasteiger partial charge in [-0.2, -0.15) is 0 Å². The number of non-ortho nitro benzene ring substituents is 1. The normalized spacial score (nSPS) is 9.88. The highest BCUT2D eigenvalue weighted by atomic mass is 16.9. The molecule has 7 heteroatoms. The van der Waals surface area contributed by atoms with Crippen molar-refractivity contribution in [2.24, 2.45) is 0 Å². The van der Waals surface area contributed by atoms with Crippen molar-refractivity contribution in [2.75, 3.05) is 6.61 Å². The fraction of sp³-hybridized carbons (Fsp3) is 0.400. The van der Waals surface area contributed by atoms with Crippen LogP contribution in [-0.4, -0.2) is 16.6 Å². The molecular weight excluding hydrogens is 228 g/mol. The Morgan fingerprint density at radius 1 is 1.18 bits per heavy atom. The van der Waals surface area contributed by atoms with Crippen LogP contribution in [0.5, 0.6) is 0 Å². The molecule has 0 unspecified atom stereocenters. The van der Waals surface area contributed by atoms with Crippen LogP contribution >= 0.6 is 0 Å². The van der Waals surface area contributed by atoms with Gasteiger partial charge in [0.05, 0.1) is 11.5 Å². The van der Waals surface area contributed by atoms with Gasteiger partial charge in [0.2, 0.25) is 0 Å². The number of aryl methyl sites for hydroxylation is 1. The molecule has 0 aliphatic heterocycles. The van der Waals surface area contributed by atoms with E-state index in [0.29, 0.717) is 19.3 Å². The van der Waals surface area contributed by atoms with Crippen LogP contribution in [0.25, 0.3) is 0 Å². The summed E-state index contributed by atoms with van der Waals surface area (Å²) in [6.45, 7) is 0.0575. The molecule has 0 saturated carbocycles. The second-order valence-electron chi connectivity index (χ2n) is 3.44. The van der Waals surface area contributed by atoms with Gasteiger partial charge in [0, 0.05) is 12.1 Å². The molecule has 0 heterocycles. The lowest BCUT2D eigenvalue weighted by atomic mass is 10.1. The van der Waals surface area contributed by atoms with Crippen molar-refractivity contribution in [3.05, 3.63) is 50.1 Å². The minimum atomic E-state index is -0.826. The molecule has 17 heavy (non-hydrogen) atoms. The number of rotatable bonds is 7. The Bertz CT molecular complexity index is 407. The van der Waals surface area contributed by atoms with E-state index < -0.39 is 10.0 Å². The third-order valence-electron chi connectivity index (χ3n) is 2.18. The monoisotopic (exact) mass is 240 g/mol. The molecule has 0 fully saturated rings. The van der Waals surface area contributed by atoms with E-state index in [9.17, 15) is 20.2 Å². The van der Waals surface area contributed by atoms with Crippen LogP contribution in [0.3, 0.4) is 0 Å². The highest BCUT2D eigenvalue weighted by Gasteiger charge is 2.05. The van der Waals surface area contributed by atoms with E-state index in [1.807, 2.05) is 0 Å². The van der Waals surface area contributed by atoms with Gasteiger partial charge in [-0.15, -0.1) is 10.1 Å². The number of unbranched alkanes of at least 4 members (excludes halogenated alkanes) is 1. The Kier molecular flexibility index (Phi) is 4.86. The van der Waals surface area contributed by atoms with Crippen molar-refractivity contribution in [1.82, 2.24) is 0 Å². The SMILES string of the molecule is O=[N+]([O-])OCCCCc1cccc([N+](=O)[O-])c1. The Hall–Kier alpha value is -2.18. The molecule has 0 aliphatic carbocycles. The first-order chi connectivity index (χ1) is 8.09. The van der Waals surface area contributed by atoms with Gasteiger partial charge in [-0.3, -0.25) is 10.1 Å². The predicted octanol–water partition coefficient (Wildman–Crippen LogP) is 2.13. The van der Waals surface area contributed by atoms with Crippen LogP contribution in [0.1, 0.15) is 18.4 Å². The van der Waals surface area contributed by atoms with Crippen LogP contribution in [0, 0.1) is 20.2 Å². The van der Waals surface area contributed by atoms with Gasteiger partial charge < -0.3 is 4.84 Å². The van der Waals surface area contributed by atoms with Crippen molar-refractivity contribution in [3.8, 4) is 0 Å². The summed E-state index contributed by atoms with van der Waals surface area (Å²) in [5, 5.41) is 19.5. The van der Waals surface area contributed by atoms with Crippen LogP contribution in [0.2, 0.25) is 0 Å². The zero-order valence-corrected chi connectivity index (χ0v) is 9.07. The topological polar surface area (TPSA) is 95.5 Å². The minimum absolute atomic E-state index is 0.0575. The van der Waals surface area contributed by atoms with E-state index in [1.165, 1.54) is 12.1 Å². The number of nitro benzene ring substituents is 1. The van der Waals surface area contributed by atoms with Crippen LogP contribution < -0.4 is 0 Å². The van der Waals surface area contributed by atoms with E-state index in [4.69, 9.17) is 0 Å². The zero-order valence-electron chi connectivity index (χ0n) is 9.07. The molecule has 0 amide bonds. The molecule has 1 rings (SSSR count). The lowest BCUT2D eigenvalue weighted by Gasteiger charge is -2.01. The van der Waals surface area contributed by atoms with E-state index in [1.54, 1.807) is 12.1 Å². The molecule has 0 atom stereocenters. The molecule has 0 saturated heterocycles. The second-order valence-corrected chi connectivity index (χ2v) is 3.44. The molecule has 1 aromatic rings. The quantitative estimate of drug-likeness (QED) is 0.413. The van der Waals surface area contributed by atoms with Crippen LogP contribution in [-0.2, 0) is 11.3 Å². The van der Waals surface area contributed by atoms with Crippen molar-refractivity contribution >= 4 is 5.69 Å². The maximum Gasteiger partial charge on any atom is 0.294 e. The first kappa shape index (κ1) is 12.9. The summed E-state index contributed by atoms with van der Waals surface area (Å²) in [6.07, 6.45) is 1.88. The summed E-state index contributed by atoms with van der Waals surface area (Å²) in [5.74, 6) is 0. The van der Waals surface area contributed by atoms with Gasteiger partial charge in [-0.1, -0.05) is 12.1 Å². The maximum absolute atomic E-state index is 10.5. The largest absolute Gasteiger partial charge is 0.314 e. The first-order valence-electron chi connectivity index (χ1n) is 5.10. The molecule has 0 aliphatic rings. The number of hydrogen-bond acceptors (Lipinski definition) is 5. The predicted molar refractivity (Wildman–Crippen MR) is 59.0 cm³/mol. The molecule has 1 aromatic carbocycles. The van der Waals surface area contributed by atoms with Gasteiger partial charge in [0.25, 0.3) is 10.8 Å². The molecule has 7 nitrogen and oxygen atoms in total. The van der Waals surface area contributed by atoms with Crippen molar-refractivity contribution < 1.29 is 14.8 Å². The van der Waals surface area contributed by atoms with Crippen molar-refractivity contribution in [3.63, 3.8) is 0 Å². The number of hydrogen-bond donors (Lipinski definition) is 0. The van der Waals surface area contributed by atoms with E-state index in [-0.39, 0.29) is 12.3 Å². The molecule has 0 spiro atoms. The molecular formula is C10H12N2O5. The minimum Gasteiger partial charge on any atom is -0.314 e. The zero-order chi connectivity index (χ0) is 12.7. The summed E-state index contributed by atoms with van der Waals surface area (Å²) < 4.78 is 0. The van der Waals surface area contributed by atoms with E-state index in [2.05, 4.69) is 4.84 Å². The van der Waals surface area contributed by atoms with Gasteiger partial charge in [0.15, 0.2) is 0 Å². The van der Waals surface area contributed by atoms with Gasteiger partial charge >= 0.3 is 0 Å². The van der Waals surface area contributed by atoms with Gasteiger partial charge in [-0.05, 0) is 24.8 Å². The summed E-state index contributed by atoms with van der Waals surface area (Å²) in [5.41, 5.74) is 0.907. The molecule has 0 aromatic heterocycles. The number of nitrogens with zero attached hydrogens (tertiary/aromatic N) is 2. The molecule has 0 radical (unpaired) electrons. The van der Waals surface area contributed by atoms with Crippen LogP contribution in [0.4, 0.5) is 5.69 Å². The van der Waals surface area contributed by atoms with Gasteiger partial charge in [-0.25, -0.2) is 0 Å². The molecule has 0 N–H and O–H groups in total. The lowest BCUT2D eigenvalue weighted by molar-refractivity contribution is -0.757. The molecule has 0 bridgehead atoms. The number of benzene rings is 1. The summed E-state index contributed by atoms with van der Waals surface area (Å²) in [6, 6.07) is 6.36. The Balaban J connectivity index is 2.34. The van der Waals surface area contributed by atoms with E-state index in [0.717, 1.165) is 5.56 Å². The Morgan fingerprint density at radius 3 is 2.59 bits per heavy atom. The lowest BCUT2D eigenvalue weighted by Crippen LogP contribution is -2.02. The Labute approximate surface area is 97.3 Å². The third kappa shape index (κ3) is 4.92. The summed E-state index contributed by atoms with van der Waals surface area (Å²) in [4.78, 5) is 24.1. The second kappa shape index (κ2) is 6.41. The highest BCUT2D eigenvalue weighted by molar-refractivity contribution is 5.34. The average Bonchev–Trinajstić information content (AvgIpc) is 2.28. The first-order valence-corrected chi connectivity index (χ1v) is 5.10. The summed E-state index contributed by atoms with van der Waals surface area (Å²) in [7, 11) is 0. The van der Waals surface area contributed by atoms with Crippen LogP contribution in [0.15, 0.2) is 24.3 Å². The Morgan fingerprint density at radius 2 is 1.94 bits per heavy atom. The fourth-order valence-corrected chi connectivity index (χ4v) is 1.40. The fourth-order valence-electron chi connectivity index (χ4n) is 1.40. The summed E-state index contributed by atoms with van der Waals surface area (Å²) >= 11 is 0. The average molecular weight is 240 g/mol. The van der Waals surface area contributed by atoms with Crippen molar-refractivity contribution in [2.45, 2.75) is 19.3 Å². The molecule has 92 valence electrons. The maximum atomic E-state index is 10.5. The highest BCUT2D eigenvalue weighted by Crippen LogP contribution is 2.14. The third-order valence-corrected chi connectivity index (χ3v) is 2.18. The van der Waals surface area contributed by atoms with Crippen molar-refractivity contribution in [1.29, 1.82) is 0 Å².